The number of amides is 2. The summed E-state index contributed by atoms with van der Waals surface area (Å²) in [6, 6.07) is -0.889. The van der Waals surface area contributed by atoms with E-state index in [1.54, 1.807) is 0 Å². The maximum atomic E-state index is 11.2. The van der Waals surface area contributed by atoms with Crippen LogP contribution in [0.25, 0.3) is 0 Å². The molecular weight excluding hydrogens is 185 g/mol. The number of aliphatic hydroxyl groups is 1. The van der Waals surface area contributed by atoms with Crippen molar-refractivity contribution >= 4 is 19.7 Å². The fourth-order valence-electron chi connectivity index (χ4n) is 1.45. The van der Waals surface area contributed by atoms with Gasteiger partial charge >= 0.3 is 0 Å². The van der Waals surface area contributed by atoms with Crippen molar-refractivity contribution < 1.29 is 14.7 Å². The van der Waals surface area contributed by atoms with Gasteiger partial charge in [0.2, 0.25) is 11.8 Å². The number of nitrogens with two attached hydrogens (primary N) is 2. The molecule has 0 aromatic heterocycles. The van der Waals surface area contributed by atoms with Gasteiger partial charge in [-0.3, -0.25) is 9.59 Å². The third-order valence-corrected chi connectivity index (χ3v) is 2.17. The zero-order chi connectivity index (χ0) is 10.9. The Bertz CT molecular complexity index is 269. The summed E-state index contributed by atoms with van der Waals surface area (Å²) in [7, 11) is 5.28. The van der Waals surface area contributed by atoms with Crippen molar-refractivity contribution in [2.75, 3.05) is 0 Å². The van der Waals surface area contributed by atoms with Gasteiger partial charge in [0.25, 0.3) is 0 Å². The number of hydrogen-bond donors (Lipinski definition) is 4. The van der Waals surface area contributed by atoms with Crippen molar-refractivity contribution in [1.29, 1.82) is 0 Å². The maximum absolute atomic E-state index is 11.2. The first-order valence-electron chi connectivity index (χ1n) is 4.20. The standard InChI is InChI=1S/C7H12BN3O3/c8-7(14)2-3(6(13)11-7)1-4(9)5(10)12/h3-4,14H,1-2,9H2,(H2,10,12)(H,11,13)/t3-,4+,7?/m1/s1. The fourth-order valence-corrected chi connectivity index (χ4v) is 1.45. The molecule has 0 aromatic carbocycles. The number of hydrogen-bond acceptors (Lipinski definition) is 4. The summed E-state index contributed by atoms with van der Waals surface area (Å²) in [6.07, 6.45) is 0.132. The summed E-state index contributed by atoms with van der Waals surface area (Å²) in [5, 5.41) is 11.4. The monoisotopic (exact) mass is 197 g/mol. The first kappa shape index (κ1) is 11.0. The van der Waals surface area contributed by atoms with Gasteiger partial charge in [0, 0.05) is 5.92 Å². The van der Waals surface area contributed by atoms with Crippen LogP contribution in [0, 0.1) is 5.92 Å². The van der Waals surface area contributed by atoms with E-state index in [1.165, 1.54) is 0 Å². The number of rotatable bonds is 3. The Labute approximate surface area is 82.4 Å². The number of carbonyl (C=O) groups excluding carboxylic acids is 2. The third kappa shape index (κ3) is 2.46. The second-order valence-corrected chi connectivity index (χ2v) is 3.56. The smallest absolute Gasteiger partial charge is 0.234 e. The summed E-state index contributed by atoms with van der Waals surface area (Å²) >= 11 is 0. The molecule has 14 heavy (non-hydrogen) atoms. The van der Waals surface area contributed by atoms with E-state index in [0.29, 0.717) is 0 Å². The van der Waals surface area contributed by atoms with Crippen LogP contribution in [0.15, 0.2) is 0 Å². The van der Waals surface area contributed by atoms with Crippen LogP contribution in [0.5, 0.6) is 0 Å². The molecule has 0 aromatic rings. The lowest BCUT2D eigenvalue weighted by Gasteiger charge is -2.16. The molecule has 6 N–H and O–H groups in total. The summed E-state index contributed by atoms with van der Waals surface area (Å²) in [5.41, 5.74) is 8.61. The molecule has 6 nitrogen and oxygen atoms in total. The van der Waals surface area contributed by atoms with E-state index in [4.69, 9.17) is 19.3 Å². The first-order chi connectivity index (χ1) is 6.32. The van der Waals surface area contributed by atoms with E-state index in [-0.39, 0.29) is 12.8 Å². The van der Waals surface area contributed by atoms with Crippen molar-refractivity contribution in [3.63, 3.8) is 0 Å². The van der Waals surface area contributed by atoms with E-state index in [0.717, 1.165) is 0 Å². The van der Waals surface area contributed by atoms with Gasteiger partial charge in [-0.15, -0.1) is 0 Å². The average molecular weight is 197 g/mol. The molecule has 7 heteroatoms. The van der Waals surface area contributed by atoms with Crippen LogP contribution < -0.4 is 16.8 Å². The van der Waals surface area contributed by atoms with Crippen LogP contribution >= 0.6 is 0 Å². The third-order valence-electron chi connectivity index (χ3n) is 2.17. The Balaban J connectivity index is 2.55. The average Bonchev–Trinajstić information content (AvgIpc) is 2.24. The van der Waals surface area contributed by atoms with Gasteiger partial charge in [0.15, 0.2) is 0 Å². The molecule has 2 amide bonds. The second kappa shape index (κ2) is 3.59. The van der Waals surface area contributed by atoms with E-state index in [1.807, 2.05) is 0 Å². The zero-order valence-corrected chi connectivity index (χ0v) is 7.56. The minimum Gasteiger partial charge on any atom is -0.380 e. The molecule has 0 bridgehead atoms. The molecule has 2 radical (unpaired) electrons. The maximum Gasteiger partial charge on any atom is 0.234 e. The topological polar surface area (TPSA) is 118 Å². The molecule has 1 aliphatic heterocycles. The summed E-state index contributed by atoms with van der Waals surface area (Å²) < 4.78 is 0. The highest BCUT2D eigenvalue weighted by atomic mass is 16.3. The van der Waals surface area contributed by atoms with Crippen molar-refractivity contribution in [2.45, 2.75) is 24.5 Å². The molecule has 1 saturated heterocycles. The number of nitrogens with one attached hydrogen (secondary N) is 1. The van der Waals surface area contributed by atoms with Crippen LogP contribution in [-0.4, -0.2) is 36.4 Å². The van der Waals surface area contributed by atoms with Gasteiger partial charge in [-0.25, -0.2) is 0 Å². The molecule has 0 spiro atoms. The fraction of sp³-hybridized carbons (Fsp3) is 0.714. The Kier molecular flexibility index (Phi) is 2.82. The molecule has 1 heterocycles. The predicted molar refractivity (Wildman–Crippen MR) is 48.7 cm³/mol. The molecule has 3 atom stereocenters. The highest BCUT2D eigenvalue weighted by Crippen LogP contribution is 2.23. The number of primary amides is 1. The van der Waals surface area contributed by atoms with E-state index >= 15 is 0 Å². The lowest BCUT2D eigenvalue weighted by molar-refractivity contribution is -0.124. The van der Waals surface area contributed by atoms with Crippen LogP contribution in [0.3, 0.4) is 0 Å². The molecule has 1 fully saturated rings. The van der Waals surface area contributed by atoms with Crippen molar-refractivity contribution in [3.8, 4) is 0 Å². The van der Waals surface area contributed by atoms with Gasteiger partial charge in [-0.2, -0.15) is 0 Å². The summed E-state index contributed by atoms with van der Waals surface area (Å²) in [6.45, 7) is 0. The lowest BCUT2D eigenvalue weighted by Crippen LogP contribution is -2.41. The van der Waals surface area contributed by atoms with E-state index in [9.17, 15) is 14.7 Å². The predicted octanol–water partition coefficient (Wildman–Crippen LogP) is -2.86. The van der Waals surface area contributed by atoms with Gasteiger partial charge in [0.1, 0.15) is 7.85 Å². The SMILES string of the molecule is [B]C1(O)C[C@@H](C[C@H](N)C(N)=O)C(=O)N1. The van der Waals surface area contributed by atoms with Crippen LogP contribution in [-0.2, 0) is 9.59 Å². The Hall–Kier alpha value is -1.08. The van der Waals surface area contributed by atoms with Crippen molar-refractivity contribution in [2.24, 2.45) is 17.4 Å². The van der Waals surface area contributed by atoms with Crippen LogP contribution in [0.4, 0.5) is 0 Å². The van der Waals surface area contributed by atoms with Gasteiger partial charge < -0.3 is 21.9 Å². The molecule has 0 saturated carbocycles. The van der Waals surface area contributed by atoms with Gasteiger partial charge in [-0.05, 0) is 12.8 Å². The first-order valence-corrected chi connectivity index (χ1v) is 4.20. The molecule has 1 unspecified atom stereocenters. The largest absolute Gasteiger partial charge is 0.380 e. The quantitative estimate of drug-likeness (QED) is 0.364. The van der Waals surface area contributed by atoms with Crippen LogP contribution in [0.2, 0.25) is 0 Å². The Morgan fingerprint density at radius 2 is 2.43 bits per heavy atom. The number of carbonyl (C=O) groups is 2. The molecule has 0 aliphatic carbocycles. The van der Waals surface area contributed by atoms with Crippen molar-refractivity contribution in [1.82, 2.24) is 5.32 Å². The molecular formula is C7H12BN3O3. The Morgan fingerprint density at radius 3 is 2.79 bits per heavy atom. The van der Waals surface area contributed by atoms with Gasteiger partial charge in [-0.1, -0.05) is 0 Å². The normalized spacial score (nSPS) is 33.9. The van der Waals surface area contributed by atoms with Crippen LogP contribution in [0.1, 0.15) is 12.8 Å². The van der Waals surface area contributed by atoms with Crippen molar-refractivity contribution in [3.05, 3.63) is 0 Å². The second-order valence-electron chi connectivity index (χ2n) is 3.56. The molecule has 76 valence electrons. The lowest BCUT2D eigenvalue weighted by atomic mass is 9.85. The minimum atomic E-state index is -1.70. The molecule has 1 rings (SSSR count). The van der Waals surface area contributed by atoms with E-state index in [2.05, 4.69) is 5.32 Å². The highest BCUT2D eigenvalue weighted by Gasteiger charge is 2.39. The highest BCUT2D eigenvalue weighted by molar-refractivity contribution is 6.16. The van der Waals surface area contributed by atoms with E-state index < -0.39 is 29.4 Å². The summed E-state index contributed by atoms with van der Waals surface area (Å²) in [5.74, 6) is -1.65. The Morgan fingerprint density at radius 1 is 1.86 bits per heavy atom. The molecule has 1 aliphatic rings. The van der Waals surface area contributed by atoms with Gasteiger partial charge in [0.05, 0.1) is 11.7 Å². The minimum absolute atomic E-state index is 0.0345. The zero-order valence-electron chi connectivity index (χ0n) is 7.56. The summed E-state index contributed by atoms with van der Waals surface area (Å²) in [4.78, 5) is 21.8.